The number of rotatable bonds is 12. The monoisotopic (exact) mass is 443 g/mol. The lowest BCUT2D eigenvalue weighted by molar-refractivity contribution is -0.145. The predicted octanol–water partition coefficient (Wildman–Crippen LogP) is 6.07. The van der Waals surface area contributed by atoms with Crippen LogP contribution in [0.4, 0.5) is 0 Å². The van der Waals surface area contributed by atoms with Gasteiger partial charge in [0.1, 0.15) is 11.9 Å². The van der Waals surface area contributed by atoms with Crippen molar-refractivity contribution in [3.05, 3.63) is 35.9 Å². The third-order valence-corrected chi connectivity index (χ3v) is 6.35. The average Bonchev–Trinajstić information content (AvgIpc) is 2.79. The number of hydrogen-bond donors (Lipinski definition) is 1. The number of esters is 1. The summed E-state index contributed by atoms with van der Waals surface area (Å²) < 4.78 is 11.3. The molecule has 0 unspecified atom stereocenters. The second kappa shape index (κ2) is 13.3. The van der Waals surface area contributed by atoms with Gasteiger partial charge >= 0.3 is 5.97 Å². The number of amides is 1. The zero-order valence-corrected chi connectivity index (χ0v) is 20.3. The Hall–Kier alpha value is -2.30. The van der Waals surface area contributed by atoms with Gasteiger partial charge in [0, 0.05) is 17.5 Å². The van der Waals surface area contributed by atoms with Crippen LogP contribution in [0.25, 0.3) is 6.08 Å². The molecule has 0 radical (unpaired) electrons. The van der Waals surface area contributed by atoms with Gasteiger partial charge in [0.15, 0.2) is 0 Å². The molecule has 1 fully saturated rings. The van der Waals surface area contributed by atoms with Crippen molar-refractivity contribution in [3.8, 4) is 5.75 Å². The van der Waals surface area contributed by atoms with Crippen molar-refractivity contribution in [1.82, 2.24) is 5.32 Å². The van der Waals surface area contributed by atoms with E-state index in [1.54, 1.807) is 6.08 Å². The summed E-state index contributed by atoms with van der Waals surface area (Å²) in [6.45, 7) is 8.91. The zero-order chi connectivity index (χ0) is 23.4. The van der Waals surface area contributed by atoms with E-state index < -0.39 is 0 Å². The first kappa shape index (κ1) is 26.0. The van der Waals surface area contributed by atoms with Gasteiger partial charge < -0.3 is 14.8 Å². The first-order valence-electron chi connectivity index (χ1n) is 12.3. The third-order valence-electron chi connectivity index (χ3n) is 6.35. The molecular formula is C27H41NO4. The summed E-state index contributed by atoms with van der Waals surface area (Å²) in [5.74, 6) is 0.643. The highest BCUT2D eigenvalue weighted by molar-refractivity contribution is 5.87. The maximum atomic E-state index is 12.3. The van der Waals surface area contributed by atoms with Gasteiger partial charge in [0.05, 0.1) is 6.61 Å². The number of nitrogens with one attached hydrogen (secondary N) is 1. The van der Waals surface area contributed by atoms with Crippen LogP contribution in [0.1, 0.15) is 91.0 Å². The number of unbranched alkanes of at least 4 members (excludes halogenated alkanes) is 3. The fraction of sp³-hybridized carbons (Fsp3) is 0.630. The fourth-order valence-corrected chi connectivity index (χ4v) is 3.63. The van der Waals surface area contributed by atoms with Gasteiger partial charge in [-0.1, -0.05) is 59.1 Å². The minimum Gasteiger partial charge on any atom is -0.494 e. The van der Waals surface area contributed by atoms with Crippen LogP contribution in [0.3, 0.4) is 0 Å². The fourth-order valence-electron chi connectivity index (χ4n) is 3.63. The molecule has 1 aliphatic rings. The van der Waals surface area contributed by atoms with Crippen LogP contribution in [0.2, 0.25) is 0 Å². The number of carbonyl (C=O) groups excluding carboxylic acids is 2. The molecule has 0 spiro atoms. The lowest BCUT2D eigenvalue weighted by Crippen LogP contribution is -2.45. The lowest BCUT2D eigenvalue weighted by Gasteiger charge is -2.31. The summed E-state index contributed by atoms with van der Waals surface area (Å²) in [6, 6.07) is 7.92. The van der Waals surface area contributed by atoms with Gasteiger partial charge in [-0.25, -0.2) is 4.79 Å². The Morgan fingerprint density at radius 3 is 2.34 bits per heavy atom. The molecule has 1 aromatic carbocycles. The lowest BCUT2D eigenvalue weighted by atomic mass is 9.87. The first-order valence-corrected chi connectivity index (χ1v) is 12.3. The molecule has 0 aromatic heterocycles. The van der Waals surface area contributed by atoms with Gasteiger partial charge in [0.2, 0.25) is 5.91 Å². The molecule has 178 valence electrons. The SMILES string of the molecule is CCCCCCOc1ccc(/C=C/C(=O)OC2CCC(NC(=O)C(C)(C)CC)CC2)cc1. The molecule has 1 aromatic rings. The smallest absolute Gasteiger partial charge is 0.331 e. The number of benzene rings is 1. The molecular weight excluding hydrogens is 402 g/mol. The zero-order valence-electron chi connectivity index (χ0n) is 20.3. The Kier molecular flexibility index (Phi) is 10.8. The van der Waals surface area contributed by atoms with E-state index in [2.05, 4.69) is 12.2 Å². The van der Waals surface area contributed by atoms with E-state index >= 15 is 0 Å². The molecule has 1 amide bonds. The van der Waals surface area contributed by atoms with Crippen molar-refractivity contribution < 1.29 is 19.1 Å². The van der Waals surface area contributed by atoms with Gasteiger partial charge in [-0.3, -0.25) is 4.79 Å². The molecule has 5 nitrogen and oxygen atoms in total. The van der Waals surface area contributed by atoms with Gasteiger partial charge in [-0.05, 0) is 62.3 Å². The predicted molar refractivity (Wildman–Crippen MR) is 129 cm³/mol. The molecule has 1 N–H and O–H groups in total. The van der Waals surface area contributed by atoms with E-state index in [4.69, 9.17) is 9.47 Å². The minimum atomic E-state index is -0.340. The number of hydrogen-bond acceptors (Lipinski definition) is 4. The molecule has 1 saturated carbocycles. The summed E-state index contributed by atoms with van der Waals surface area (Å²) in [6.07, 6.45) is 12.0. The Labute approximate surface area is 193 Å². The van der Waals surface area contributed by atoms with Crippen molar-refractivity contribution in [3.63, 3.8) is 0 Å². The molecule has 1 aliphatic carbocycles. The van der Waals surface area contributed by atoms with Crippen LogP contribution in [-0.2, 0) is 14.3 Å². The Bertz CT molecular complexity index is 731. The normalized spacial score (nSPS) is 19.0. The number of ether oxygens (including phenoxy) is 2. The first-order chi connectivity index (χ1) is 15.3. The van der Waals surface area contributed by atoms with Crippen LogP contribution in [0.5, 0.6) is 5.75 Å². The standard InChI is InChI=1S/C27H41NO4/c1-5-7-8-9-20-31-23-15-10-21(11-16-23)12-19-25(29)32-24-17-13-22(14-18-24)28-26(30)27(3,4)6-2/h10-12,15-16,19,22,24H,5-9,13-14,17-18,20H2,1-4H3,(H,28,30)/b19-12+. The second-order valence-corrected chi connectivity index (χ2v) is 9.43. The molecule has 0 aliphatic heterocycles. The van der Waals surface area contributed by atoms with Gasteiger partial charge in [0.25, 0.3) is 0 Å². The van der Waals surface area contributed by atoms with Gasteiger partial charge in [-0.2, -0.15) is 0 Å². The number of carbonyl (C=O) groups is 2. The quantitative estimate of drug-likeness (QED) is 0.242. The molecule has 32 heavy (non-hydrogen) atoms. The highest BCUT2D eigenvalue weighted by atomic mass is 16.5. The highest BCUT2D eigenvalue weighted by Crippen LogP contribution is 2.25. The van der Waals surface area contributed by atoms with Crippen LogP contribution >= 0.6 is 0 Å². The summed E-state index contributed by atoms with van der Waals surface area (Å²) in [5, 5.41) is 3.15. The van der Waals surface area contributed by atoms with E-state index in [0.29, 0.717) is 0 Å². The second-order valence-electron chi connectivity index (χ2n) is 9.43. The molecule has 0 heterocycles. The van der Waals surface area contributed by atoms with Crippen molar-refractivity contribution >= 4 is 18.0 Å². The van der Waals surface area contributed by atoms with Crippen molar-refractivity contribution in [2.45, 2.75) is 97.6 Å². The van der Waals surface area contributed by atoms with E-state index in [9.17, 15) is 9.59 Å². The topological polar surface area (TPSA) is 64.6 Å². The molecule has 0 saturated heterocycles. The summed E-state index contributed by atoms with van der Waals surface area (Å²) in [4.78, 5) is 24.5. The van der Waals surface area contributed by atoms with Crippen LogP contribution in [0, 0.1) is 5.41 Å². The Morgan fingerprint density at radius 2 is 1.72 bits per heavy atom. The molecule has 0 atom stereocenters. The van der Waals surface area contributed by atoms with Crippen LogP contribution < -0.4 is 10.1 Å². The Balaban J connectivity index is 1.69. The van der Waals surface area contributed by atoms with E-state index in [1.165, 1.54) is 25.3 Å². The average molecular weight is 444 g/mol. The summed E-state index contributed by atoms with van der Waals surface area (Å²) in [5.41, 5.74) is 0.595. The van der Waals surface area contributed by atoms with Crippen molar-refractivity contribution in [2.75, 3.05) is 6.61 Å². The summed E-state index contributed by atoms with van der Waals surface area (Å²) in [7, 11) is 0. The third kappa shape index (κ3) is 9.05. The van der Waals surface area contributed by atoms with Crippen molar-refractivity contribution in [1.29, 1.82) is 0 Å². The van der Waals surface area contributed by atoms with E-state index in [0.717, 1.165) is 56.4 Å². The minimum absolute atomic E-state index is 0.0806. The largest absolute Gasteiger partial charge is 0.494 e. The van der Waals surface area contributed by atoms with Gasteiger partial charge in [-0.15, -0.1) is 0 Å². The maximum absolute atomic E-state index is 12.3. The molecule has 2 rings (SSSR count). The maximum Gasteiger partial charge on any atom is 0.331 e. The van der Waals surface area contributed by atoms with Crippen LogP contribution in [0.15, 0.2) is 30.3 Å². The highest BCUT2D eigenvalue weighted by Gasteiger charge is 2.30. The Morgan fingerprint density at radius 1 is 1.03 bits per heavy atom. The summed E-state index contributed by atoms with van der Waals surface area (Å²) >= 11 is 0. The molecule has 0 bridgehead atoms. The van der Waals surface area contributed by atoms with Crippen molar-refractivity contribution in [2.24, 2.45) is 5.41 Å². The molecule has 5 heteroatoms. The van der Waals surface area contributed by atoms with E-state index in [1.807, 2.05) is 45.0 Å². The van der Waals surface area contributed by atoms with E-state index in [-0.39, 0.29) is 29.4 Å². The van der Waals surface area contributed by atoms with Crippen LogP contribution in [-0.4, -0.2) is 30.6 Å².